The fourth-order valence-electron chi connectivity index (χ4n) is 3.74. The summed E-state index contributed by atoms with van der Waals surface area (Å²) >= 11 is 0. The van der Waals surface area contributed by atoms with Crippen molar-refractivity contribution >= 4 is 11.9 Å². The van der Waals surface area contributed by atoms with Crippen molar-refractivity contribution in [2.45, 2.75) is 70.9 Å². The first-order valence-electron chi connectivity index (χ1n) is 8.17. The van der Waals surface area contributed by atoms with Gasteiger partial charge in [0.2, 0.25) is 5.91 Å². The molecule has 2 heterocycles. The molecule has 5 nitrogen and oxygen atoms in total. The lowest BCUT2D eigenvalue weighted by Crippen LogP contribution is -2.56. The molecule has 2 unspecified atom stereocenters. The lowest BCUT2D eigenvalue weighted by molar-refractivity contribution is -0.159. The molecular weight excluding hydrogens is 268 g/mol. The van der Waals surface area contributed by atoms with Crippen molar-refractivity contribution in [3.05, 3.63) is 0 Å². The highest BCUT2D eigenvalue weighted by atomic mass is 16.4. The summed E-state index contributed by atoms with van der Waals surface area (Å²) in [6, 6.07) is -0.262. The lowest BCUT2D eigenvalue weighted by Gasteiger charge is -2.44. The van der Waals surface area contributed by atoms with Crippen LogP contribution in [-0.4, -0.2) is 47.1 Å². The standard InChI is InChI=1S/C16H28N2O3/c1-16(2)9-5-11-18(14(16)15(20)21)13(19)8-7-12-6-3-4-10-17-12/h12,14,17H,3-11H2,1-2H3,(H,20,21). The van der Waals surface area contributed by atoms with Crippen molar-refractivity contribution in [3.8, 4) is 0 Å². The van der Waals surface area contributed by atoms with Gasteiger partial charge in [0.1, 0.15) is 6.04 Å². The maximum absolute atomic E-state index is 12.5. The monoisotopic (exact) mass is 296 g/mol. The number of carboxylic acids is 1. The molecule has 2 aliphatic heterocycles. The summed E-state index contributed by atoms with van der Waals surface area (Å²) in [7, 11) is 0. The summed E-state index contributed by atoms with van der Waals surface area (Å²) in [5.74, 6) is -0.869. The van der Waals surface area contributed by atoms with Crippen LogP contribution in [0.2, 0.25) is 0 Å². The molecule has 0 bridgehead atoms. The van der Waals surface area contributed by atoms with Crippen LogP contribution < -0.4 is 5.32 Å². The molecule has 0 aromatic rings. The lowest BCUT2D eigenvalue weighted by atomic mass is 9.76. The van der Waals surface area contributed by atoms with Crippen LogP contribution >= 0.6 is 0 Å². The van der Waals surface area contributed by atoms with Crippen molar-refractivity contribution < 1.29 is 14.7 Å². The SMILES string of the molecule is CC1(C)CCCN(C(=O)CCC2CCCCN2)C1C(=O)O. The summed E-state index contributed by atoms with van der Waals surface area (Å²) in [6.45, 7) is 5.52. The number of hydrogen-bond acceptors (Lipinski definition) is 3. The summed E-state index contributed by atoms with van der Waals surface area (Å²) in [6.07, 6.45) is 6.59. The van der Waals surface area contributed by atoms with Crippen LogP contribution in [0.3, 0.4) is 0 Å². The van der Waals surface area contributed by atoms with E-state index in [2.05, 4.69) is 5.32 Å². The molecule has 0 aliphatic carbocycles. The van der Waals surface area contributed by atoms with Gasteiger partial charge in [-0.05, 0) is 44.1 Å². The average molecular weight is 296 g/mol. The minimum atomic E-state index is -0.871. The van der Waals surface area contributed by atoms with E-state index in [4.69, 9.17) is 0 Å². The first-order chi connectivity index (χ1) is 9.92. The zero-order valence-corrected chi connectivity index (χ0v) is 13.2. The molecule has 0 aromatic heterocycles. The molecule has 2 atom stereocenters. The van der Waals surface area contributed by atoms with Gasteiger partial charge in [-0.15, -0.1) is 0 Å². The van der Waals surface area contributed by atoms with Gasteiger partial charge in [-0.2, -0.15) is 0 Å². The number of carboxylic acid groups (broad SMARTS) is 1. The molecule has 21 heavy (non-hydrogen) atoms. The molecule has 0 saturated carbocycles. The molecule has 2 saturated heterocycles. The van der Waals surface area contributed by atoms with E-state index in [0.717, 1.165) is 32.2 Å². The van der Waals surface area contributed by atoms with E-state index in [9.17, 15) is 14.7 Å². The zero-order valence-electron chi connectivity index (χ0n) is 13.2. The van der Waals surface area contributed by atoms with Gasteiger partial charge in [0.05, 0.1) is 0 Å². The van der Waals surface area contributed by atoms with Crippen LogP contribution in [-0.2, 0) is 9.59 Å². The highest BCUT2D eigenvalue weighted by Crippen LogP contribution is 2.35. The van der Waals surface area contributed by atoms with Crippen LogP contribution in [0.15, 0.2) is 0 Å². The Morgan fingerprint density at radius 1 is 1.29 bits per heavy atom. The number of nitrogens with zero attached hydrogens (tertiary/aromatic N) is 1. The Balaban J connectivity index is 1.94. The minimum Gasteiger partial charge on any atom is -0.480 e. The van der Waals surface area contributed by atoms with Crippen LogP contribution in [0.5, 0.6) is 0 Å². The molecule has 2 rings (SSSR count). The quantitative estimate of drug-likeness (QED) is 0.832. The number of piperidine rings is 2. The molecule has 1 amide bonds. The van der Waals surface area contributed by atoms with Gasteiger partial charge in [-0.25, -0.2) is 4.79 Å². The molecule has 2 N–H and O–H groups in total. The predicted molar refractivity (Wildman–Crippen MR) is 81.0 cm³/mol. The Bertz CT molecular complexity index is 389. The normalized spacial score (nSPS) is 29.1. The second-order valence-corrected chi connectivity index (χ2v) is 7.11. The number of nitrogens with one attached hydrogen (secondary N) is 1. The van der Waals surface area contributed by atoms with Crippen LogP contribution in [0.25, 0.3) is 0 Å². The first kappa shape index (κ1) is 16.3. The van der Waals surface area contributed by atoms with Gasteiger partial charge < -0.3 is 15.3 Å². The Labute approximate surface area is 127 Å². The molecule has 0 radical (unpaired) electrons. The largest absolute Gasteiger partial charge is 0.480 e. The summed E-state index contributed by atoms with van der Waals surface area (Å²) in [5.41, 5.74) is -0.344. The fraction of sp³-hybridized carbons (Fsp3) is 0.875. The molecule has 5 heteroatoms. The van der Waals surface area contributed by atoms with Gasteiger partial charge >= 0.3 is 5.97 Å². The van der Waals surface area contributed by atoms with E-state index in [1.54, 1.807) is 4.90 Å². The molecule has 2 fully saturated rings. The Kier molecular flexibility index (Phi) is 5.25. The summed E-state index contributed by atoms with van der Waals surface area (Å²) < 4.78 is 0. The highest BCUT2D eigenvalue weighted by Gasteiger charge is 2.44. The summed E-state index contributed by atoms with van der Waals surface area (Å²) in [4.78, 5) is 25.7. The van der Waals surface area contributed by atoms with Crippen molar-refractivity contribution in [1.29, 1.82) is 0 Å². The Morgan fingerprint density at radius 3 is 2.67 bits per heavy atom. The third kappa shape index (κ3) is 3.96. The van der Waals surface area contributed by atoms with Crippen LogP contribution in [0.1, 0.15) is 58.8 Å². The van der Waals surface area contributed by atoms with Gasteiger partial charge in [-0.1, -0.05) is 20.3 Å². The van der Waals surface area contributed by atoms with Crippen LogP contribution in [0.4, 0.5) is 0 Å². The van der Waals surface area contributed by atoms with E-state index in [0.29, 0.717) is 19.0 Å². The topological polar surface area (TPSA) is 69.6 Å². The first-order valence-corrected chi connectivity index (χ1v) is 8.17. The molecule has 0 spiro atoms. The van der Waals surface area contributed by atoms with Crippen LogP contribution in [0, 0.1) is 5.41 Å². The van der Waals surface area contributed by atoms with Gasteiger partial charge in [0.25, 0.3) is 0 Å². The van der Waals surface area contributed by atoms with E-state index >= 15 is 0 Å². The predicted octanol–water partition coefficient (Wildman–Crippen LogP) is 2.01. The number of likely N-dealkylation sites (tertiary alicyclic amines) is 1. The van der Waals surface area contributed by atoms with Gasteiger partial charge in [0.15, 0.2) is 0 Å². The summed E-state index contributed by atoms with van der Waals surface area (Å²) in [5, 5.41) is 12.9. The number of carbonyl (C=O) groups is 2. The van der Waals surface area contributed by atoms with Gasteiger partial charge in [-0.3, -0.25) is 4.79 Å². The molecular formula is C16H28N2O3. The van der Waals surface area contributed by atoms with E-state index in [-0.39, 0.29) is 11.3 Å². The maximum Gasteiger partial charge on any atom is 0.326 e. The number of amides is 1. The molecule has 2 aliphatic rings. The Morgan fingerprint density at radius 2 is 2.05 bits per heavy atom. The fourth-order valence-corrected chi connectivity index (χ4v) is 3.74. The second kappa shape index (κ2) is 6.77. The van der Waals surface area contributed by atoms with Crippen molar-refractivity contribution in [3.63, 3.8) is 0 Å². The number of hydrogen-bond donors (Lipinski definition) is 2. The van der Waals surface area contributed by atoms with Crippen molar-refractivity contribution in [2.75, 3.05) is 13.1 Å². The second-order valence-electron chi connectivity index (χ2n) is 7.11. The third-order valence-corrected chi connectivity index (χ3v) is 4.95. The minimum absolute atomic E-state index is 0.00236. The molecule has 0 aromatic carbocycles. The van der Waals surface area contributed by atoms with E-state index < -0.39 is 12.0 Å². The Hall–Kier alpha value is -1.10. The number of aliphatic carboxylic acids is 1. The number of carbonyl (C=O) groups excluding carboxylic acids is 1. The average Bonchev–Trinajstić information content (AvgIpc) is 2.44. The number of rotatable bonds is 4. The maximum atomic E-state index is 12.5. The highest BCUT2D eigenvalue weighted by molar-refractivity contribution is 5.84. The van der Waals surface area contributed by atoms with E-state index in [1.165, 1.54) is 12.8 Å². The van der Waals surface area contributed by atoms with Crippen molar-refractivity contribution in [1.82, 2.24) is 10.2 Å². The van der Waals surface area contributed by atoms with E-state index in [1.807, 2.05) is 13.8 Å². The smallest absolute Gasteiger partial charge is 0.326 e. The molecule has 120 valence electrons. The van der Waals surface area contributed by atoms with Crippen molar-refractivity contribution in [2.24, 2.45) is 5.41 Å². The van der Waals surface area contributed by atoms with Gasteiger partial charge in [0, 0.05) is 19.0 Å². The third-order valence-electron chi connectivity index (χ3n) is 4.95. The zero-order chi connectivity index (χ0) is 15.5.